The van der Waals surface area contributed by atoms with Gasteiger partial charge in [-0.1, -0.05) is 18.2 Å². The quantitative estimate of drug-likeness (QED) is 0.725. The topological polar surface area (TPSA) is 12.0 Å². The van der Waals surface area contributed by atoms with Gasteiger partial charge in [0, 0.05) is 12.1 Å². The summed E-state index contributed by atoms with van der Waals surface area (Å²) in [5.74, 6) is -1.51. The van der Waals surface area contributed by atoms with E-state index in [1.54, 1.807) is 6.07 Å². The Bertz CT molecular complexity index is 372. The van der Waals surface area contributed by atoms with Gasteiger partial charge in [-0.3, -0.25) is 0 Å². The Hall–Kier alpha value is -1.22. The zero-order valence-electron chi connectivity index (χ0n) is 7.69. The molecule has 1 heterocycles. The molecule has 0 aliphatic carbocycles. The maximum Gasteiger partial charge on any atom is 0.166 e. The molecule has 0 fully saturated rings. The van der Waals surface area contributed by atoms with Crippen LogP contribution in [0.5, 0.6) is 0 Å². The molecular formula is C11H11F2N. The molecule has 1 aromatic rings. The standard InChI is InChI=1S/C11H11F2N/c12-10-3-1-2-9(11(10)13)8-4-6-14-7-5-8/h1-4,14H,5-7H2. The maximum atomic E-state index is 13.3. The van der Waals surface area contributed by atoms with E-state index < -0.39 is 11.6 Å². The third-order valence-electron chi connectivity index (χ3n) is 2.36. The molecule has 0 spiro atoms. The summed E-state index contributed by atoms with van der Waals surface area (Å²) in [6.45, 7) is 1.55. The largest absolute Gasteiger partial charge is 0.313 e. The molecule has 0 saturated heterocycles. The highest BCUT2D eigenvalue weighted by Crippen LogP contribution is 2.23. The minimum atomic E-state index is -0.776. The summed E-state index contributed by atoms with van der Waals surface area (Å²) in [6, 6.07) is 4.30. The Morgan fingerprint density at radius 2 is 2.07 bits per heavy atom. The summed E-state index contributed by atoms with van der Waals surface area (Å²) in [4.78, 5) is 0. The van der Waals surface area contributed by atoms with Crippen LogP contribution >= 0.6 is 0 Å². The minimum absolute atomic E-state index is 0.395. The second-order valence-electron chi connectivity index (χ2n) is 3.28. The molecule has 1 aromatic carbocycles. The lowest BCUT2D eigenvalue weighted by atomic mass is 10.00. The molecule has 0 unspecified atom stereocenters. The molecule has 0 radical (unpaired) electrons. The Balaban J connectivity index is 2.40. The average molecular weight is 195 g/mol. The number of hydrogen-bond donors (Lipinski definition) is 1. The number of rotatable bonds is 1. The van der Waals surface area contributed by atoms with E-state index >= 15 is 0 Å². The van der Waals surface area contributed by atoms with Gasteiger partial charge in [-0.2, -0.15) is 0 Å². The summed E-state index contributed by atoms with van der Waals surface area (Å²) >= 11 is 0. The summed E-state index contributed by atoms with van der Waals surface area (Å²) in [6.07, 6.45) is 2.65. The van der Waals surface area contributed by atoms with Crippen molar-refractivity contribution in [2.45, 2.75) is 6.42 Å². The third-order valence-corrected chi connectivity index (χ3v) is 2.36. The van der Waals surface area contributed by atoms with Gasteiger partial charge in [0.2, 0.25) is 0 Å². The van der Waals surface area contributed by atoms with E-state index in [2.05, 4.69) is 5.32 Å². The average Bonchev–Trinajstić information content (AvgIpc) is 2.23. The summed E-state index contributed by atoms with van der Waals surface area (Å²) in [5, 5.41) is 3.13. The Kier molecular flexibility index (Phi) is 2.59. The van der Waals surface area contributed by atoms with Crippen LogP contribution in [0.15, 0.2) is 24.3 Å². The van der Waals surface area contributed by atoms with E-state index in [9.17, 15) is 8.78 Å². The summed E-state index contributed by atoms with van der Waals surface area (Å²) in [7, 11) is 0. The third kappa shape index (κ3) is 1.68. The van der Waals surface area contributed by atoms with Crippen LogP contribution in [0.1, 0.15) is 12.0 Å². The monoisotopic (exact) mass is 195 g/mol. The van der Waals surface area contributed by atoms with E-state index in [1.807, 2.05) is 6.08 Å². The normalized spacial score (nSPS) is 16.6. The molecule has 14 heavy (non-hydrogen) atoms. The van der Waals surface area contributed by atoms with Crippen LogP contribution in [0.25, 0.3) is 5.57 Å². The first-order chi connectivity index (χ1) is 6.79. The van der Waals surface area contributed by atoms with Crippen molar-refractivity contribution in [2.75, 3.05) is 13.1 Å². The number of nitrogens with one attached hydrogen (secondary N) is 1. The van der Waals surface area contributed by atoms with Crippen LogP contribution in [0.2, 0.25) is 0 Å². The zero-order valence-corrected chi connectivity index (χ0v) is 7.69. The van der Waals surface area contributed by atoms with E-state index in [1.165, 1.54) is 6.07 Å². The minimum Gasteiger partial charge on any atom is -0.313 e. The van der Waals surface area contributed by atoms with Gasteiger partial charge in [0.05, 0.1) is 0 Å². The van der Waals surface area contributed by atoms with Gasteiger partial charge in [-0.15, -0.1) is 0 Å². The molecule has 1 N–H and O–H groups in total. The van der Waals surface area contributed by atoms with Crippen molar-refractivity contribution in [3.05, 3.63) is 41.5 Å². The first-order valence-electron chi connectivity index (χ1n) is 4.63. The van der Waals surface area contributed by atoms with E-state index in [0.717, 1.165) is 31.1 Å². The first kappa shape index (κ1) is 9.34. The zero-order chi connectivity index (χ0) is 9.97. The molecule has 1 aliphatic rings. The van der Waals surface area contributed by atoms with Gasteiger partial charge in [0.1, 0.15) is 0 Å². The van der Waals surface area contributed by atoms with Crippen molar-refractivity contribution in [1.29, 1.82) is 0 Å². The highest BCUT2D eigenvalue weighted by molar-refractivity contribution is 5.67. The molecular weight excluding hydrogens is 184 g/mol. The lowest BCUT2D eigenvalue weighted by Crippen LogP contribution is -2.20. The van der Waals surface area contributed by atoms with Crippen LogP contribution in [0.3, 0.4) is 0 Å². The maximum absolute atomic E-state index is 13.3. The molecule has 0 atom stereocenters. The van der Waals surface area contributed by atoms with Gasteiger partial charge in [0.25, 0.3) is 0 Å². The van der Waals surface area contributed by atoms with Crippen molar-refractivity contribution in [3.8, 4) is 0 Å². The second kappa shape index (κ2) is 3.88. The first-order valence-corrected chi connectivity index (χ1v) is 4.63. The summed E-state index contributed by atoms with van der Waals surface area (Å²) in [5.41, 5.74) is 1.28. The Labute approximate surface area is 81.4 Å². The number of benzene rings is 1. The van der Waals surface area contributed by atoms with E-state index in [0.29, 0.717) is 5.56 Å². The molecule has 0 bridgehead atoms. The Morgan fingerprint density at radius 1 is 1.21 bits per heavy atom. The molecule has 0 aromatic heterocycles. The van der Waals surface area contributed by atoms with Crippen molar-refractivity contribution in [1.82, 2.24) is 5.32 Å². The molecule has 2 rings (SSSR count). The van der Waals surface area contributed by atoms with Crippen LogP contribution < -0.4 is 5.32 Å². The smallest absolute Gasteiger partial charge is 0.166 e. The SMILES string of the molecule is Fc1cccc(C2=CCNCC2)c1F. The van der Waals surface area contributed by atoms with E-state index in [4.69, 9.17) is 0 Å². The lowest BCUT2D eigenvalue weighted by Gasteiger charge is -2.14. The molecule has 0 amide bonds. The van der Waals surface area contributed by atoms with Gasteiger partial charge in [-0.05, 0) is 24.6 Å². The molecule has 74 valence electrons. The van der Waals surface area contributed by atoms with Crippen LogP contribution in [-0.4, -0.2) is 13.1 Å². The van der Waals surface area contributed by atoms with Crippen LogP contribution in [-0.2, 0) is 0 Å². The van der Waals surface area contributed by atoms with Crippen molar-refractivity contribution in [3.63, 3.8) is 0 Å². The molecule has 3 heteroatoms. The van der Waals surface area contributed by atoms with Crippen molar-refractivity contribution in [2.24, 2.45) is 0 Å². The summed E-state index contributed by atoms with van der Waals surface area (Å²) < 4.78 is 26.3. The fourth-order valence-electron chi connectivity index (χ4n) is 1.62. The van der Waals surface area contributed by atoms with Gasteiger partial charge in [0.15, 0.2) is 11.6 Å². The second-order valence-corrected chi connectivity index (χ2v) is 3.28. The van der Waals surface area contributed by atoms with Gasteiger partial charge in [-0.25, -0.2) is 8.78 Å². The van der Waals surface area contributed by atoms with Gasteiger partial charge < -0.3 is 5.32 Å². The van der Waals surface area contributed by atoms with Crippen molar-refractivity contribution < 1.29 is 8.78 Å². The molecule has 0 saturated carbocycles. The van der Waals surface area contributed by atoms with E-state index in [-0.39, 0.29) is 0 Å². The molecule has 1 aliphatic heterocycles. The van der Waals surface area contributed by atoms with Crippen LogP contribution in [0, 0.1) is 11.6 Å². The predicted octanol–water partition coefficient (Wildman–Crippen LogP) is 2.34. The Morgan fingerprint density at radius 3 is 2.79 bits per heavy atom. The lowest BCUT2D eigenvalue weighted by molar-refractivity contribution is 0.505. The predicted molar refractivity (Wildman–Crippen MR) is 51.8 cm³/mol. The fraction of sp³-hybridized carbons (Fsp3) is 0.273. The highest BCUT2D eigenvalue weighted by Gasteiger charge is 2.12. The fourth-order valence-corrected chi connectivity index (χ4v) is 1.62. The highest BCUT2D eigenvalue weighted by atomic mass is 19.2. The number of halogens is 2. The molecule has 1 nitrogen and oxygen atoms in total. The number of hydrogen-bond acceptors (Lipinski definition) is 1. The van der Waals surface area contributed by atoms with Gasteiger partial charge >= 0.3 is 0 Å². The van der Waals surface area contributed by atoms with Crippen LogP contribution in [0.4, 0.5) is 8.78 Å². The van der Waals surface area contributed by atoms with Crippen molar-refractivity contribution >= 4 is 5.57 Å².